The Morgan fingerprint density at radius 2 is 2.12 bits per heavy atom. The lowest BCUT2D eigenvalue weighted by Gasteiger charge is -2.36. The van der Waals surface area contributed by atoms with Crippen LogP contribution in [0.1, 0.15) is 6.42 Å². The van der Waals surface area contributed by atoms with Crippen molar-refractivity contribution in [3.05, 3.63) is 0 Å². The van der Waals surface area contributed by atoms with Crippen LogP contribution < -0.4 is 11.1 Å². The van der Waals surface area contributed by atoms with Gasteiger partial charge in [0.1, 0.15) is 0 Å². The number of nitrogens with one attached hydrogen (secondary N) is 1. The fourth-order valence-electron chi connectivity index (χ4n) is 2.12. The molecule has 0 bridgehead atoms. The zero-order valence-electron chi connectivity index (χ0n) is 9.05. The van der Waals surface area contributed by atoms with Crippen LogP contribution in [-0.4, -0.2) is 62.4 Å². The second kappa shape index (κ2) is 4.31. The third-order valence-electron chi connectivity index (χ3n) is 2.95. The first-order chi connectivity index (χ1) is 7.44. The fraction of sp³-hybridized carbons (Fsp3) is 0.889. The summed E-state index contributed by atoms with van der Waals surface area (Å²) in [4.78, 5) is 13.5. The van der Waals surface area contributed by atoms with Gasteiger partial charge < -0.3 is 11.1 Å². The molecule has 0 aromatic rings. The Morgan fingerprint density at radius 1 is 1.44 bits per heavy atom. The van der Waals surface area contributed by atoms with Crippen LogP contribution >= 0.6 is 0 Å². The first-order valence-electron chi connectivity index (χ1n) is 5.42. The van der Waals surface area contributed by atoms with E-state index in [1.54, 1.807) is 0 Å². The molecule has 0 aromatic heterocycles. The third-order valence-corrected chi connectivity index (χ3v) is 4.72. The second-order valence-electron chi connectivity index (χ2n) is 4.62. The molecule has 0 saturated carbocycles. The van der Waals surface area contributed by atoms with Crippen molar-refractivity contribution in [3.63, 3.8) is 0 Å². The van der Waals surface area contributed by atoms with Gasteiger partial charge in [0.2, 0.25) is 5.91 Å². The van der Waals surface area contributed by atoms with Crippen LogP contribution in [0.3, 0.4) is 0 Å². The molecule has 7 heteroatoms. The van der Waals surface area contributed by atoms with Gasteiger partial charge in [-0.3, -0.25) is 9.69 Å². The summed E-state index contributed by atoms with van der Waals surface area (Å²) in [6, 6.07) is -0.0212. The highest BCUT2D eigenvalue weighted by atomic mass is 32.2. The first-order valence-corrected chi connectivity index (χ1v) is 7.24. The van der Waals surface area contributed by atoms with Crippen LogP contribution in [0.15, 0.2) is 0 Å². The van der Waals surface area contributed by atoms with Crippen molar-refractivity contribution < 1.29 is 13.2 Å². The van der Waals surface area contributed by atoms with E-state index in [-0.39, 0.29) is 29.5 Å². The Labute approximate surface area is 95.1 Å². The van der Waals surface area contributed by atoms with Crippen LogP contribution in [0, 0.1) is 0 Å². The molecule has 0 radical (unpaired) electrons. The molecule has 0 aromatic carbocycles. The van der Waals surface area contributed by atoms with E-state index >= 15 is 0 Å². The molecule has 2 rings (SSSR count). The van der Waals surface area contributed by atoms with Gasteiger partial charge in [0, 0.05) is 25.2 Å². The van der Waals surface area contributed by atoms with E-state index < -0.39 is 9.84 Å². The summed E-state index contributed by atoms with van der Waals surface area (Å²) in [6.45, 7) is 1.82. The number of carbonyl (C=O) groups excluding carboxylic acids is 1. The van der Waals surface area contributed by atoms with Gasteiger partial charge in [-0.1, -0.05) is 0 Å². The monoisotopic (exact) mass is 247 g/mol. The summed E-state index contributed by atoms with van der Waals surface area (Å²) >= 11 is 0. The normalized spacial score (nSPS) is 29.9. The number of amides is 1. The summed E-state index contributed by atoms with van der Waals surface area (Å²) in [5.41, 5.74) is 5.59. The highest BCUT2D eigenvalue weighted by Crippen LogP contribution is 2.11. The fourth-order valence-corrected chi connectivity index (χ4v) is 3.80. The molecule has 2 aliphatic rings. The molecule has 6 nitrogen and oxygen atoms in total. The SMILES string of the molecule is NC1CN(CC(=O)NC2CCS(=O)(=O)C2)C1. The van der Waals surface area contributed by atoms with Crippen molar-refractivity contribution in [2.45, 2.75) is 18.5 Å². The minimum absolute atomic E-state index is 0.0816. The van der Waals surface area contributed by atoms with Gasteiger partial charge in [-0.05, 0) is 6.42 Å². The van der Waals surface area contributed by atoms with Crippen molar-refractivity contribution in [2.75, 3.05) is 31.1 Å². The van der Waals surface area contributed by atoms with Gasteiger partial charge in [0.25, 0.3) is 0 Å². The van der Waals surface area contributed by atoms with E-state index in [4.69, 9.17) is 5.73 Å². The van der Waals surface area contributed by atoms with Gasteiger partial charge >= 0.3 is 0 Å². The maximum atomic E-state index is 11.5. The molecule has 2 aliphatic heterocycles. The lowest BCUT2D eigenvalue weighted by molar-refractivity contribution is -0.123. The average Bonchev–Trinajstić information content (AvgIpc) is 2.42. The zero-order chi connectivity index (χ0) is 11.8. The van der Waals surface area contributed by atoms with Gasteiger partial charge in [0.05, 0.1) is 18.1 Å². The Kier molecular flexibility index (Phi) is 3.18. The van der Waals surface area contributed by atoms with Crippen molar-refractivity contribution >= 4 is 15.7 Å². The first kappa shape index (κ1) is 11.8. The molecule has 2 fully saturated rings. The number of nitrogens with two attached hydrogens (primary N) is 1. The Morgan fingerprint density at radius 3 is 2.62 bits per heavy atom. The van der Waals surface area contributed by atoms with E-state index in [1.165, 1.54) is 0 Å². The summed E-state index contributed by atoms with van der Waals surface area (Å²) in [5, 5.41) is 2.75. The predicted octanol–water partition coefficient (Wildman–Crippen LogP) is -2.07. The number of sulfone groups is 1. The molecule has 16 heavy (non-hydrogen) atoms. The second-order valence-corrected chi connectivity index (χ2v) is 6.85. The smallest absolute Gasteiger partial charge is 0.234 e. The molecule has 1 unspecified atom stereocenters. The van der Waals surface area contributed by atoms with E-state index in [1.807, 2.05) is 4.90 Å². The summed E-state index contributed by atoms with van der Waals surface area (Å²) in [7, 11) is -2.92. The highest BCUT2D eigenvalue weighted by molar-refractivity contribution is 7.91. The number of likely N-dealkylation sites (tertiary alicyclic amines) is 1. The standard InChI is InChI=1S/C9H17N3O3S/c10-7-3-12(4-7)5-9(13)11-8-1-2-16(14,15)6-8/h7-8H,1-6,10H2,(H,11,13). The number of hydrogen-bond acceptors (Lipinski definition) is 5. The van der Waals surface area contributed by atoms with Crippen LogP contribution in [0.25, 0.3) is 0 Å². The van der Waals surface area contributed by atoms with Gasteiger partial charge in [-0.15, -0.1) is 0 Å². The lowest BCUT2D eigenvalue weighted by Crippen LogP contribution is -2.58. The number of carbonyl (C=O) groups is 1. The summed E-state index contributed by atoms with van der Waals surface area (Å²) in [5.74, 6) is 0.166. The van der Waals surface area contributed by atoms with Crippen molar-refractivity contribution in [3.8, 4) is 0 Å². The molecule has 92 valence electrons. The maximum absolute atomic E-state index is 11.5. The Balaban J connectivity index is 1.72. The van der Waals surface area contributed by atoms with E-state index in [0.29, 0.717) is 13.0 Å². The molecule has 3 N–H and O–H groups in total. The molecule has 2 saturated heterocycles. The molecular weight excluding hydrogens is 230 g/mol. The minimum Gasteiger partial charge on any atom is -0.351 e. The van der Waals surface area contributed by atoms with E-state index in [2.05, 4.69) is 5.32 Å². The molecule has 0 aliphatic carbocycles. The minimum atomic E-state index is -2.92. The lowest BCUT2D eigenvalue weighted by atomic mass is 10.1. The van der Waals surface area contributed by atoms with Gasteiger partial charge in [-0.25, -0.2) is 8.42 Å². The van der Waals surface area contributed by atoms with Crippen LogP contribution in [-0.2, 0) is 14.6 Å². The maximum Gasteiger partial charge on any atom is 0.234 e. The number of rotatable bonds is 3. The van der Waals surface area contributed by atoms with Crippen LogP contribution in [0.2, 0.25) is 0 Å². The Bertz CT molecular complexity index is 375. The number of hydrogen-bond donors (Lipinski definition) is 2. The topological polar surface area (TPSA) is 92.5 Å². The average molecular weight is 247 g/mol. The van der Waals surface area contributed by atoms with Crippen molar-refractivity contribution in [2.24, 2.45) is 5.73 Å². The quantitative estimate of drug-likeness (QED) is 0.598. The molecular formula is C9H17N3O3S. The van der Waals surface area contributed by atoms with Crippen LogP contribution in [0.5, 0.6) is 0 Å². The molecule has 1 atom stereocenters. The van der Waals surface area contributed by atoms with E-state index in [9.17, 15) is 13.2 Å². The van der Waals surface area contributed by atoms with Gasteiger partial charge in [0.15, 0.2) is 9.84 Å². The predicted molar refractivity (Wildman–Crippen MR) is 59.6 cm³/mol. The summed E-state index contributed by atoms with van der Waals surface area (Å²) in [6.07, 6.45) is 0.535. The molecule has 0 spiro atoms. The van der Waals surface area contributed by atoms with Crippen molar-refractivity contribution in [1.82, 2.24) is 10.2 Å². The highest BCUT2D eigenvalue weighted by Gasteiger charge is 2.30. The van der Waals surface area contributed by atoms with Gasteiger partial charge in [-0.2, -0.15) is 0 Å². The van der Waals surface area contributed by atoms with E-state index in [0.717, 1.165) is 13.1 Å². The molecule has 1 amide bonds. The third kappa shape index (κ3) is 2.93. The largest absolute Gasteiger partial charge is 0.351 e. The van der Waals surface area contributed by atoms with Crippen LogP contribution in [0.4, 0.5) is 0 Å². The summed E-state index contributed by atoms with van der Waals surface area (Å²) < 4.78 is 22.4. The zero-order valence-corrected chi connectivity index (χ0v) is 9.87. The number of nitrogens with zero attached hydrogens (tertiary/aromatic N) is 1. The Hall–Kier alpha value is -0.660. The van der Waals surface area contributed by atoms with Crippen molar-refractivity contribution in [1.29, 1.82) is 0 Å². The molecule has 2 heterocycles.